The normalized spacial score (nSPS) is 25.8. The highest BCUT2D eigenvalue weighted by molar-refractivity contribution is 5.14. The van der Waals surface area contributed by atoms with Crippen molar-refractivity contribution in [3.05, 3.63) is 35.9 Å². The van der Waals surface area contributed by atoms with Gasteiger partial charge in [-0.1, -0.05) is 30.3 Å². The summed E-state index contributed by atoms with van der Waals surface area (Å²) >= 11 is 0. The molecule has 0 radical (unpaired) electrons. The molecule has 3 nitrogen and oxygen atoms in total. The van der Waals surface area contributed by atoms with E-state index < -0.39 is 0 Å². The summed E-state index contributed by atoms with van der Waals surface area (Å²) in [5.41, 5.74) is 8.16. The molecule has 2 aliphatic rings. The van der Waals surface area contributed by atoms with E-state index in [4.69, 9.17) is 0 Å². The molecule has 2 fully saturated rings. The minimum atomic E-state index is 0.719. The number of hydrazine groups is 1. The zero-order valence-corrected chi connectivity index (χ0v) is 11.6. The van der Waals surface area contributed by atoms with E-state index in [1.165, 1.54) is 50.9 Å². The summed E-state index contributed by atoms with van der Waals surface area (Å²) in [4.78, 5) is 2.63. The molecule has 2 heterocycles. The monoisotopic (exact) mass is 259 g/mol. The van der Waals surface area contributed by atoms with Gasteiger partial charge in [0, 0.05) is 19.1 Å². The van der Waals surface area contributed by atoms with Crippen LogP contribution in [-0.4, -0.2) is 37.1 Å². The number of piperidine rings is 1. The Morgan fingerprint density at radius 2 is 1.84 bits per heavy atom. The summed E-state index contributed by atoms with van der Waals surface area (Å²) in [6.45, 7) is 4.90. The van der Waals surface area contributed by atoms with Gasteiger partial charge < -0.3 is 4.90 Å². The molecule has 3 rings (SSSR count). The van der Waals surface area contributed by atoms with Crippen LogP contribution in [0.1, 0.15) is 24.8 Å². The number of hydrogen-bond donors (Lipinski definition) is 2. The second-order valence-electron chi connectivity index (χ2n) is 5.88. The van der Waals surface area contributed by atoms with E-state index in [1.807, 2.05) is 0 Å². The van der Waals surface area contributed by atoms with Crippen molar-refractivity contribution in [1.82, 2.24) is 15.8 Å². The van der Waals surface area contributed by atoms with Crippen LogP contribution in [0.25, 0.3) is 0 Å². The van der Waals surface area contributed by atoms with E-state index in [-0.39, 0.29) is 0 Å². The van der Waals surface area contributed by atoms with Crippen LogP contribution in [0.2, 0.25) is 0 Å². The number of likely N-dealkylation sites (tertiary alicyclic amines) is 1. The Labute approximate surface area is 116 Å². The van der Waals surface area contributed by atoms with Gasteiger partial charge >= 0.3 is 0 Å². The van der Waals surface area contributed by atoms with Gasteiger partial charge in [0.2, 0.25) is 0 Å². The van der Waals surface area contributed by atoms with Gasteiger partial charge in [0.1, 0.15) is 0 Å². The van der Waals surface area contributed by atoms with Crippen molar-refractivity contribution in [2.24, 2.45) is 5.92 Å². The van der Waals surface area contributed by atoms with E-state index in [9.17, 15) is 0 Å². The lowest BCUT2D eigenvalue weighted by molar-refractivity contribution is 0.163. The van der Waals surface area contributed by atoms with E-state index in [2.05, 4.69) is 46.1 Å². The largest absolute Gasteiger partial charge is 0.303 e. The van der Waals surface area contributed by atoms with Crippen LogP contribution in [0.5, 0.6) is 0 Å². The van der Waals surface area contributed by atoms with Gasteiger partial charge in [-0.25, -0.2) is 0 Å². The minimum Gasteiger partial charge on any atom is -0.303 e. The Hall–Kier alpha value is -0.900. The van der Waals surface area contributed by atoms with Crippen LogP contribution in [0.4, 0.5) is 0 Å². The average Bonchev–Trinajstić information content (AvgIpc) is 3.01. The Balaban J connectivity index is 1.40. The molecule has 2 saturated heterocycles. The molecule has 1 atom stereocenters. The summed E-state index contributed by atoms with van der Waals surface area (Å²) in [5, 5.41) is 0. The quantitative estimate of drug-likeness (QED) is 0.863. The molecule has 0 spiro atoms. The van der Waals surface area contributed by atoms with Crippen molar-refractivity contribution in [2.45, 2.75) is 31.7 Å². The van der Waals surface area contributed by atoms with Gasteiger partial charge in [0.05, 0.1) is 0 Å². The first-order valence-electron chi connectivity index (χ1n) is 7.66. The van der Waals surface area contributed by atoms with Gasteiger partial charge in [0.25, 0.3) is 0 Å². The van der Waals surface area contributed by atoms with Crippen LogP contribution < -0.4 is 10.9 Å². The lowest BCUT2D eigenvalue weighted by Crippen LogP contribution is -2.43. The molecule has 19 heavy (non-hydrogen) atoms. The first kappa shape index (κ1) is 13.1. The van der Waals surface area contributed by atoms with Crippen LogP contribution in [-0.2, 0) is 6.42 Å². The Morgan fingerprint density at radius 1 is 1.05 bits per heavy atom. The summed E-state index contributed by atoms with van der Waals surface area (Å²) < 4.78 is 0. The van der Waals surface area contributed by atoms with Gasteiger partial charge in [-0.05, 0) is 50.3 Å². The molecule has 1 aromatic carbocycles. The predicted octanol–water partition coefficient (Wildman–Crippen LogP) is 1.81. The Morgan fingerprint density at radius 3 is 2.53 bits per heavy atom. The summed E-state index contributed by atoms with van der Waals surface area (Å²) in [6, 6.07) is 11.6. The predicted molar refractivity (Wildman–Crippen MR) is 78.9 cm³/mol. The number of benzene rings is 1. The minimum absolute atomic E-state index is 0.719. The van der Waals surface area contributed by atoms with Crippen molar-refractivity contribution in [1.29, 1.82) is 0 Å². The highest BCUT2D eigenvalue weighted by Crippen LogP contribution is 2.23. The highest BCUT2D eigenvalue weighted by atomic mass is 15.4. The number of rotatable bonds is 4. The van der Waals surface area contributed by atoms with Crippen LogP contribution >= 0.6 is 0 Å². The first-order valence-corrected chi connectivity index (χ1v) is 7.66. The second-order valence-corrected chi connectivity index (χ2v) is 5.88. The molecule has 104 valence electrons. The second kappa shape index (κ2) is 6.51. The van der Waals surface area contributed by atoms with Crippen molar-refractivity contribution in [3.8, 4) is 0 Å². The third-order valence-corrected chi connectivity index (χ3v) is 4.63. The van der Waals surface area contributed by atoms with E-state index in [1.54, 1.807) is 0 Å². The van der Waals surface area contributed by atoms with Crippen molar-refractivity contribution in [2.75, 3.05) is 26.2 Å². The fourth-order valence-electron chi connectivity index (χ4n) is 3.37. The molecule has 1 aromatic rings. The van der Waals surface area contributed by atoms with Crippen molar-refractivity contribution >= 4 is 0 Å². The van der Waals surface area contributed by atoms with Gasteiger partial charge in [-0.15, -0.1) is 0 Å². The topological polar surface area (TPSA) is 27.3 Å². The van der Waals surface area contributed by atoms with E-state index in [0.717, 1.165) is 18.5 Å². The SMILES string of the molecule is c1ccc(CCN2CCC(C3CCNN3)CC2)cc1. The first-order chi connectivity index (χ1) is 9.42. The summed E-state index contributed by atoms with van der Waals surface area (Å²) in [7, 11) is 0. The molecule has 3 heteroatoms. The van der Waals surface area contributed by atoms with Crippen LogP contribution in [0.3, 0.4) is 0 Å². The third-order valence-electron chi connectivity index (χ3n) is 4.63. The molecule has 2 N–H and O–H groups in total. The fraction of sp³-hybridized carbons (Fsp3) is 0.625. The highest BCUT2D eigenvalue weighted by Gasteiger charge is 2.28. The third kappa shape index (κ3) is 3.56. The average molecular weight is 259 g/mol. The fourth-order valence-corrected chi connectivity index (χ4v) is 3.37. The molecule has 0 amide bonds. The molecule has 2 aliphatic heterocycles. The van der Waals surface area contributed by atoms with E-state index >= 15 is 0 Å². The lowest BCUT2D eigenvalue weighted by Gasteiger charge is -2.34. The molecule has 0 aliphatic carbocycles. The van der Waals surface area contributed by atoms with Gasteiger partial charge in [-0.3, -0.25) is 10.9 Å². The Bertz CT molecular complexity index is 365. The zero-order valence-electron chi connectivity index (χ0n) is 11.6. The molecule has 1 unspecified atom stereocenters. The molecular formula is C16H25N3. The maximum Gasteiger partial charge on any atom is 0.0254 e. The maximum atomic E-state index is 3.43. The van der Waals surface area contributed by atoms with Crippen LogP contribution in [0.15, 0.2) is 30.3 Å². The smallest absolute Gasteiger partial charge is 0.0254 e. The zero-order chi connectivity index (χ0) is 12.9. The number of nitrogens with one attached hydrogen (secondary N) is 2. The molecular weight excluding hydrogens is 234 g/mol. The van der Waals surface area contributed by atoms with Crippen LogP contribution in [0, 0.1) is 5.92 Å². The van der Waals surface area contributed by atoms with Gasteiger partial charge in [-0.2, -0.15) is 0 Å². The maximum absolute atomic E-state index is 3.43. The summed E-state index contributed by atoms with van der Waals surface area (Å²) in [5.74, 6) is 0.878. The van der Waals surface area contributed by atoms with Gasteiger partial charge in [0.15, 0.2) is 0 Å². The summed E-state index contributed by atoms with van der Waals surface area (Å²) in [6.07, 6.45) is 5.20. The number of nitrogens with zero attached hydrogens (tertiary/aromatic N) is 1. The van der Waals surface area contributed by atoms with E-state index in [0.29, 0.717) is 0 Å². The molecule has 0 saturated carbocycles. The Kier molecular flexibility index (Phi) is 4.49. The lowest BCUT2D eigenvalue weighted by atomic mass is 9.88. The standard InChI is InChI=1S/C16H25N3/c1-2-4-14(5-3-1)7-11-19-12-8-15(9-13-19)16-6-10-17-18-16/h1-5,15-18H,6-13H2. The number of hydrogen-bond acceptors (Lipinski definition) is 3. The van der Waals surface area contributed by atoms with Crippen molar-refractivity contribution < 1.29 is 0 Å². The van der Waals surface area contributed by atoms with Crippen molar-refractivity contribution in [3.63, 3.8) is 0 Å². The molecule has 0 aromatic heterocycles. The molecule has 0 bridgehead atoms.